The largest absolute Gasteiger partial charge is 0.354 e. The van der Waals surface area contributed by atoms with Crippen LogP contribution in [0.4, 0.5) is 11.5 Å². The molecular formula is C20H21ClN6O. The van der Waals surface area contributed by atoms with E-state index in [4.69, 9.17) is 11.6 Å². The van der Waals surface area contributed by atoms with E-state index in [9.17, 15) is 4.79 Å². The predicted octanol–water partition coefficient (Wildman–Crippen LogP) is 3.13. The summed E-state index contributed by atoms with van der Waals surface area (Å²) in [6.45, 7) is 3.95. The molecule has 2 aromatic heterocycles. The fraction of sp³-hybridized carbons (Fsp3) is 0.250. The minimum atomic E-state index is -0.243. The van der Waals surface area contributed by atoms with Crippen LogP contribution >= 0.6 is 11.6 Å². The summed E-state index contributed by atoms with van der Waals surface area (Å²) >= 11 is 5.94. The van der Waals surface area contributed by atoms with Crippen molar-refractivity contribution in [3.63, 3.8) is 0 Å². The molecule has 1 saturated heterocycles. The van der Waals surface area contributed by atoms with Crippen molar-refractivity contribution in [2.75, 3.05) is 43.4 Å². The van der Waals surface area contributed by atoms with Gasteiger partial charge in [0.25, 0.3) is 5.91 Å². The number of piperazine rings is 1. The van der Waals surface area contributed by atoms with Crippen molar-refractivity contribution >= 4 is 29.0 Å². The molecule has 7 nitrogen and oxygen atoms in total. The number of pyridine rings is 1. The summed E-state index contributed by atoms with van der Waals surface area (Å²) in [6, 6.07) is 11.1. The van der Waals surface area contributed by atoms with Gasteiger partial charge >= 0.3 is 0 Å². The number of hydrogen-bond acceptors (Lipinski definition) is 5. The Labute approximate surface area is 168 Å². The summed E-state index contributed by atoms with van der Waals surface area (Å²) in [5.74, 6) is 0.684. The molecular weight excluding hydrogens is 376 g/mol. The Kier molecular flexibility index (Phi) is 5.27. The summed E-state index contributed by atoms with van der Waals surface area (Å²) in [6.07, 6.45) is 3.21. The van der Waals surface area contributed by atoms with E-state index in [0.717, 1.165) is 37.6 Å². The van der Waals surface area contributed by atoms with Crippen LogP contribution < -0.4 is 10.2 Å². The quantitative estimate of drug-likeness (QED) is 0.708. The molecule has 0 spiro atoms. The molecule has 1 aromatic carbocycles. The van der Waals surface area contributed by atoms with Gasteiger partial charge in [0, 0.05) is 36.8 Å². The molecule has 0 atom stereocenters. The lowest BCUT2D eigenvalue weighted by molar-refractivity contribution is 0.102. The van der Waals surface area contributed by atoms with Crippen LogP contribution in [-0.2, 0) is 0 Å². The van der Waals surface area contributed by atoms with Crippen molar-refractivity contribution in [2.24, 2.45) is 0 Å². The van der Waals surface area contributed by atoms with E-state index in [-0.39, 0.29) is 5.91 Å². The van der Waals surface area contributed by atoms with Crippen LogP contribution in [0.25, 0.3) is 11.3 Å². The number of carbonyl (C=O) groups excluding carboxylic acids is 1. The molecule has 144 valence electrons. The number of aromatic amines is 1. The molecule has 1 aliphatic rings. The lowest BCUT2D eigenvalue weighted by atomic mass is 10.1. The molecule has 1 amide bonds. The van der Waals surface area contributed by atoms with Gasteiger partial charge in [0.1, 0.15) is 5.82 Å². The molecule has 0 unspecified atom stereocenters. The normalized spacial score (nSPS) is 14.9. The first-order chi connectivity index (χ1) is 13.6. The highest BCUT2D eigenvalue weighted by Gasteiger charge is 2.17. The lowest BCUT2D eigenvalue weighted by Gasteiger charge is -2.33. The molecule has 1 aliphatic heterocycles. The fourth-order valence-electron chi connectivity index (χ4n) is 3.18. The molecule has 0 bridgehead atoms. The van der Waals surface area contributed by atoms with Crippen molar-refractivity contribution in [3.8, 4) is 11.3 Å². The van der Waals surface area contributed by atoms with Crippen LogP contribution in [0.2, 0.25) is 5.02 Å². The van der Waals surface area contributed by atoms with Gasteiger partial charge in [0.2, 0.25) is 0 Å². The maximum Gasteiger partial charge on any atom is 0.259 e. The third-order valence-corrected chi connectivity index (χ3v) is 5.10. The van der Waals surface area contributed by atoms with Gasteiger partial charge in [-0.05, 0) is 31.3 Å². The topological polar surface area (TPSA) is 77.1 Å². The zero-order valence-corrected chi connectivity index (χ0v) is 16.3. The number of carbonyl (C=O) groups is 1. The number of aromatic nitrogens is 3. The molecule has 2 N–H and O–H groups in total. The number of amides is 1. The number of likely N-dealkylation sites (N-methyl/N-ethyl adjacent to an activating group) is 1. The van der Waals surface area contributed by atoms with Gasteiger partial charge in [0.05, 0.1) is 29.3 Å². The van der Waals surface area contributed by atoms with Crippen LogP contribution in [-0.4, -0.2) is 59.2 Å². The zero-order chi connectivity index (χ0) is 19.5. The number of nitrogens with zero attached hydrogens (tertiary/aromatic N) is 4. The highest BCUT2D eigenvalue weighted by atomic mass is 35.5. The van der Waals surface area contributed by atoms with Crippen molar-refractivity contribution in [2.45, 2.75) is 0 Å². The Morgan fingerprint density at radius 1 is 1.07 bits per heavy atom. The van der Waals surface area contributed by atoms with E-state index >= 15 is 0 Å². The number of rotatable bonds is 4. The average molecular weight is 397 g/mol. The molecule has 3 heterocycles. The number of nitrogens with one attached hydrogen (secondary N) is 2. The van der Waals surface area contributed by atoms with Crippen molar-refractivity contribution in [1.82, 2.24) is 20.1 Å². The van der Waals surface area contributed by atoms with E-state index in [2.05, 4.69) is 37.3 Å². The first-order valence-corrected chi connectivity index (χ1v) is 9.48. The highest BCUT2D eigenvalue weighted by molar-refractivity contribution is 6.30. The van der Waals surface area contributed by atoms with Gasteiger partial charge < -0.3 is 15.1 Å². The van der Waals surface area contributed by atoms with E-state index in [0.29, 0.717) is 22.0 Å². The molecule has 8 heteroatoms. The summed E-state index contributed by atoms with van der Waals surface area (Å²) in [4.78, 5) is 21.8. The van der Waals surface area contributed by atoms with Crippen molar-refractivity contribution < 1.29 is 4.79 Å². The molecule has 1 fully saturated rings. The lowest BCUT2D eigenvalue weighted by Crippen LogP contribution is -2.44. The summed E-state index contributed by atoms with van der Waals surface area (Å²) in [7, 11) is 2.12. The minimum Gasteiger partial charge on any atom is -0.354 e. The second kappa shape index (κ2) is 8.00. The molecule has 4 rings (SSSR count). The van der Waals surface area contributed by atoms with Gasteiger partial charge in [0.15, 0.2) is 0 Å². The van der Waals surface area contributed by atoms with E-state index < -0.39 is 0 Å². The van der Waals surface area contributed by atoms with Gasteiger partial charge in [-0.25, -0.2) is 4.98 Å². The first-order valence-electron chi connectivity index (χ1n) is 9.10. The third kappa shape index (κ3) is 4.00. The van der Waals surface area contributed by atoms with Crippen LogP contribution in [0.15, 0.2) is 48.8 Å². The van der Waals surface area contributed by atoms with Crippen LogP contribution in [0.1, 0.15) is 10.4 Å². The Balaban J connectivity index is 1.46. The molecule has 28 heavy (non-hydrogen) atoms. The number of H-pyrrole nitrogens is 1. The Morgan fingerprint density at radius 2 is 1.82 bits per heavy atom. The van der Waals surface area contributed by atoms with Gasteiger partial charge in [-0.1, -0.05) is 23.7 Å². The second-order valence-electron chi connectivity index (χ2n) is 6.82. The number of anilines is 2. The molecule has 3 aromatic rings. The van der Waals surface area contributed by atoms with Gasteiger partial charge in [-0.2, -0.15) is 5.10 Å². The van der Waals surface area contributed by atoms with Crippen LogP contribution in [0.5, 0.6) is 0 Å². The standard InChI is InChI=1S/C20H21ClN6O/c1-26-8-10-27(11-9-26)18-7-6-16(12-22-18)24-20(28)17-13-23-25-19(17)14-2-4-15(21)5-3-14/h2-7,12-13H,8-11H2,1H3,(H,23,25)(H,24,28). The van der Waals surface area contributed by atoms with E-state index in [1.54, 1.807) is 18.3 Å². The number of halogens is 1. The van der Waals surface area contributed by atoms with Crippen molar-refractivity contribution in [1.29, 1.82) is 0 Å². The molecule has 0 aliphatic carbocycles. The fourth-order valence-corrected chi connectivity index (χ4v) is 3.30. The van der Waals surface area contributed by atoms with Crippen LogP contribution in [0.3, 0.4) is 0 Å². The minimum absolute atomic E-state index is 0.243. The molecule has 0 radical (unpaired) electrons. The Morgan fingerprint density at radius 3 is 2.50 bits per heavy atom. The van der Waals surface area contributed by atoms with Crippen molar-refractivity contribution in [3.05, 3.63) is 59.4 Å². The number of benzene rings is 1. The average Bonchev–Trinajstić information content (AvgIpc) is 3.20. The number of hydrogen-bond donors (Lipinski definition) is 2. The Hall–Kier alpha value is -2.90. The summed E-state index contributed by atoms with van der Waals surface area (Å²) < 4.78 is 0. The maximum absolute atomic E-state index is 12.7. The van der Waals surface area contributed by atoms with Gasteiger partial charge in [-0.15, -0.1) is 0 Å². The zero-order valence-electron chi connectivity index (χ0n) is 15.5. The van der Waals surface area contributed by atoms with Gasteiger partial charge in [-0.3, -0.25) is 9.89 Å². The summed E-state index contributed by atoms with van der Waals surface area (Å²) in [5.41, 5.74) is 2.60. The monoisotopic (exact) mass is 396 g/mol. The van der Waals surface area contributed by atoms with Crippen LogP contribution in [0, 0.1) is 0 Å². The van der Waals surface area contributed by atoms with E-state index in [1.165, 1.54) is 6.20 Å². The maximum atomic E-state index is 12.7. The second-order valence-corrected chi connectivity index (χ2v) is 7.25. The SMILES string of the molecule is CN1CCN(c2ccc(NC(=O)c3cn[nH]c3-c3ccc(Cl)cc3)cn2)CC1. The summed E-state index contributed by atoms with van der Waals surface area (Å²) in [5, 5.41) is 10.4. The highest BCUT2D eigenvalue weighted by Crippen LogP contribution is 2.24. The smallest absolute Gasteiger partial charge is 0.259 e. The molecule has 0 saturated carbocycles. The third-order valence-electron chi connectivity index (χ3n) is 4.85. The first kappa shape index (κ1) is 18.5. The predicted molar refractivity (Wildman–Crippen MR) is 111 cm³/mol. The Bertz CT molecular complexity index is 946. The van der Waals surface area contributed by atoms with E-state index in [1.807, 2.05) is 24.3 Å².